The van der Waals surface area contributed by atoms with E-state index in [1.165, 1.54) is 77.0 Å². The van der Waals surface area contributed by atoms with Crippen molar-refractivity contribution >= 4 is 0 Å². The molecule has 0 saturated heterocycles. The minimum atomic E-state index is 0.888. The SMILES string of the molecule is CC/C=C/C1CCCCCCCCCCC1. The van der Waals surface area contributed by atoms with Crippen molar-refractivity contribution in [3.8, 4) is 0 Å². The lowest BCUT2D eigenvalue weighted by atomic mass is 9.92. The molecule has 0 nitrogen and oxygen atoms in total. The molecule has 0 aromatic heterocycles. The normalized spacial score (nSPS) is 22.8. The maximum absolute atomic E-state index is 2.49. The van der Waals surface area contributed by atoms with Gasteiger partial charge in [0.05, 0.1) is 0 Å². The minimum Gasteiger partial charge on any atom is -0.0885 e. The third-order valence-electron chi connectivity index (χ3n) is 3.79. The first-order valence-electron chi connectivity index (χ1n) is 7.60. The van der Waals surface area contributed by atoms with E-state index >= 15 is 0 Å². The van der Waals surface area contributed by atoms with E-state index in [-0.39, 0.29) is 0 Å². The molecule has 0 heterocycles. The van der Waals surface area contributed by atoms with Crippen molar-refractivity contribution in [2.24, 2.45) is 5.92 Å². The van der Waals surface area contributed by atoms with Gasteiger partial charge in [-0.15, -0.1) is 0 Å². The molecule has 0 bridgehead atoms. The second-order valence-corrected chi connectivity index (χ2v) is 5.36. The summed E-state index contributed by atoms with van der Waals surface area (Å²) in [6.07, 6.45) is 22.2. The Balaban J connectivity index is 2.27. The fraction of sp³-hybridized carbons (Fsp3) is 0.875. The molecule has 0 spiro atoms. The summed E-state index contributed by atoms with van der Waals surface area (Å²) in [5.41, 5.74) is 0. The fourth-order valence-electron chi connectivity index (χ4n) is 2.72. The van der Waals surface area contributed by atoms with E-state index in [0.717, 1.165) is 5.92 Å². The Hall–Kier alpha value is -0.260. The molecule has 1 aliphatic rings. The van der Waals surface area contributed by atoms with Crippen LogP contribution in [-0.2, 0) is 0 Å². The van der Waals surface area contributed by atoms with E-state index in [1.54, 1.807) is 0 Å². The highest BCUT2D eigenvalue weighted by atomic mass is 14.1. The molecular formula is C16H30. The van der Waals surface area contributed by atoms with Crippen molar-refractivity contribution in [2.75, 3.05) is 0 Å². The van der Waals surface area contributed by atoms with Crippen LogP contribution < -0.4 is 0 Å². The summed E-state index contributed by atoms with van der Waals surface area (Å²) in [5, 5.41) is 0. The van der Waals surface area contributed by atoms with Gasteiger partial charge in [0, 0.05) is 0 Å². The molecule has 1 rings (SSSR count). The van der Waals surface area contributed by atoms with Gasteiger partial charge in [-0.05, 0) is 25.2 Å². The van der Waals surface area contributed by atoms with E-state index in [0.29, 0.717) is 0 Å². The third-order valence-corrected chi connectivity index (χ3v) is 3.79. The van der Waals surface area contributed by atoms with Crippen LogP contribution in [0.2, 0.25) is 0 Å². The Morgan fingerprint density at radius 3 is 1.62 bits per heavy atom. The van der Waals surface area contributed by atoms with Crippen LogP contribution in [0, 0.1) is 5.92 Å². The molecule has 0 unspecified atom stereocenters. The molecule has 16 heavy (non-hydrogen) atoms. The third kappa shape index (κ3) is 7.09. The Kier molecular flexibility index (Phi) is 8.57. The lowest BCUT2D eigenvalue weighted by Crippen LogP contribution is -1.98. The van der Waals surface area contributed by atoms with E-state index in [4.69, 9.17) is 0 Å². The minimum absolute atomic E-state index is 0.888. The van der Waals surface area contributed by atoms with Gasteiger partial charge in [0.2, 0.25) is 0 Å². The Labute approximate surface area is 103 Å². The van der Waals surface area contributed by atoms with E-state index < -0.39 is 0 Å². The molecule has 1 saturated carbocycles. The standard InChI is InChI=1S/C16H30/c1-2-3-13-16-14-11-9-7-5-4-6-8-10-12-15-16/h3,13,16H,2,4-12,14-15H2,1H3/b13-3+. The first-order valence-corrected chi connectivity index (χ1v) is 7.60. The lowest BCUT2D eigenvalue weighted by molar-refractivity contribution is 0.449. The summed E-state index contributed by atoms with van der Waals surface area (Å²) < 4.78 is 0. The van der Waals surface area contributed by atoms with Gasteiger partial charge in [-0.2, -0.15) is 0 Å². The van der Waals surface area contributed by atoms with Gasteiger partial charge in [0.1, 0.15) is 0 Å². The second kappa shape index (κ2) is 9.93. The average Bonchev–Trinajstić information content (AvgIpc) is 2.28. The van der Waals surface area contributed by atoms with Gasteiger partial charge in [0.15, 0.2) is 0 Å². The molecule has 1 fully saturated rings. The predicted molar refractivity (Wildman–Crippen MR) is 73.7 cm³/mol. The van der Waals surface area contributed by atoms with Gasteiger partial charge < -0.3 is 0 Å². The number of hydrogen-bond donors (Lipinski definition) is 0. The highest BCUT2D eigenvalue weighted by Gasteiger charge is 2.05. The maximum Gasteiger partial charge on any atom is -0.0234 e. The van der Waals surface area contributed by atoms with Crippen LogP contribution in [0.5, 0.6) is 0 Å². The summed E-state index contributed by atoms with van der Waals surface area (Å²) in [7, 11) is 0. The number of hydrogen-bond acceptors (Lipinski definition) is 0. The van der Waals surface area contributed by atoms with Crippen molar-refractivity contribution in [3.05, 3.63) is 12.2 Å². The molecule has 0 radical (unpaired) electrons. The molecular weight excluding hydrogens is 192 g/mol. The van der Waals surface area contributed by atoms with Crippen LogP contribution in [0.15, 0.2) is 12.2 Å². The van der Waals surface area contributed by atoms with Crippen molar-refractivity contribution in [1.82, 2.24) is 0 Å². The first kappa shape index (κ1) is 13.8. The van der Waals surface area contributed by atoms with Gasteiger partial charge >= 0.3 is 0 Å². The largest absolute Gasteiger partial charge is 0.0885 e. The number of rotatable bonds is 2. The van der Waals surface area contributed by atoms with Crippen LogP contribution in [0.1, 0.15) is 84.0 Å². The average molecular weight is 222 g/mol. The van der Waals surface area contributed by atoms with Crippen LogP contribution in [0.3, 0.4) is 0 Å². The summed E-state index contributed by atoms with van der Waals surface area (Å²) in [4.78, 5) is 0. The number of allylic oxidation sites excluding steroid dienone is 2. The quantitative estimate of drug-likeness (QED) is 0.512. The van der Waals surface area contributed by atoms with Crippen LogP contribution in [0.4, 0.5) is 0 Å². The molecule has 0 aliphatic heterocycles. The smallest absolute Gasteiger partial charge is 0.0234 e. The van der Waals surface area contributed by atoms with E-state index in [2.05, 4.69) is 19.1 Å². The summed E-state index contributed by atoms with van der Waals surface area (Å²) >= 11 is 0. The van der Waals surface area contributed by atoms with Crippen LogP contribution in [0.25, 0.3) is 0 Å². The highest BCUT2D eigenvalue weighted by molar-refractivity contribution is 4.87. The molecule has 0 N–H and O–H groups in total. The second-order valence-electron chi connectivity index (χ2n) is 5.36. The van der Waals surface area contributed by atoms with Crippen LogP contribution in [-0.4, -0.2) is 0 Å². The molecule has 0 heteroatoms. The van der Waals surface area contributed by atoms with Crippen molar-refractivity contribution in [3.63, 3.8) is 0 Å². The molecule has 0 aromatic rings. The summed E-state index contributed by atoms with van der Waals surface area (Å²) in [6.45, 7) is 2.24. The molecule has 0 aromatic carbocycles. The van der Waals surface area contributed by atoms with E-state index in [9.17, 15) is 0 Å². The summed E-state index contributed by atoms with van der Waals surface area (Å²) in [5.74, 6) is 0.888. The molecule has 1 aliphatic carbocycles. The topological polar surface area (TPSA) is 0 Å². The Bertz CT molecular complexity index is 157. The zero-order valence-corrected chi connectivity index (χ0v) is 11.2. The lowest BCUT2D eigenvalue weighted by Gasteiger charge is -2.14. The van der Waals surface area contributed by atoms with Crippen molar-refractivity contribution in [2.45, 2.75) is 84.0 Å². The van der Waals surface area contributed by atoms with Crippen LogP contribution >= 0.6 is 0 Å². The molecule has 0 amide bonds. The van der Waals surface area contributed by atoms with Crippen molar-refractivity contribution < 1.29 is 0 Å². The Morgan fingerprint density at radius 1 is 0.750 bits per heavy atom. The van der Waals surface area contributed by atoms with Crippen molar-refractivity contribution in [1.29, 1.82) is 0 Å². The molecule has 0 atom stereocenters. The van der Waals surface area contributed by atoms with Gasteiger partial charge in [-0.25, -0.2) is 0 Å². The zero-order valence-electron chi connectivity index (χ0n) is 11.2. The Morgan fingerprint density at radius 2 is 1.19 bits per heavy atom. The van der Waals surface area contributed by atoms with Gasteiger partial charge in [-0.3, -0.25) is 0 Å². The first-order chi connectivity index (χ1) is 7.93. The predicted octanol–water partition coefficient (Wildman–Crippen LogP) is 5.87. The fourth-order valence-corrected chi connectivity index (χ4v) is 2.72. The van der Waals surface area contributed by atoms with E-state index in [1.807, 2.05) is 0 Å². The maximum atomic E-state index is 2.49. The zero-order chi connectivity index (χ0) is 11.5. The van der Waals surface area contributed by atoms with Gasteiger partial charge in [0.25, 0.3) is 0 Å². The molecule has 94 valence electrons. The highest BCUT2D eigenvalue weighted by Crippen LogP contribution is 2.22. The summed E-state index contributed by atoms with van der Waals surface area (Å²) in [6, 6.07) is 0. The monoisotopic (exact) mass is 222 g/mol. The van der Waals surface area contributed by atoms with Gasteiger partial charge in [-0.1, -0.05) is 76.9 Å².